The fourth-order valence-corrected chi connectivity index (χ4v) is 4.47. The maximum atomic E-state index is 12.5. The number of aryl methyl sites for hydroxylation is 1. The first-order valence-electron chi connectivity index (χ1n) is 6.57. The van der Waals surface area contributed by atoms with Crippen LogP contribution in [0.25, 0.3) is 0 Å². The monoisotopic (exact) mass is 413 g/mol. The van der Waals surface area contributed by atoms with Crippen molar-refractivity contribution >= 4 is 62.9 Å². The second-order valence-corrected chi connectivity index (χ2v) is 7.38. The molecule has 0 aliphatic carbocycles. The second kappa shape index (κ2) is 8.35. The van der Waals surface area contributed by atoms with Crippen LogP contribution in [0.4, 0.5) is 4.79 Å². The van der Waals surface area contributed by atoms with Crippen LogP contribution >= 0.6 is 11.3 Å². The van der Waals surface area contributed by atoms with Gasteiger partial charge in [-0.1, -0.05) is 0 Å². The average molecular weight is 413 g/mol. The first-order chi connectivity index (χ1) is 11.6. The van der Waals surface area contributed by atoms with Gasteiger partial charge < -0.3 is 9.47 Å². The van der Waals surface area contributed by atoms with Crippen LogP contribution in [0.1, 0.15) is 15.2 Å². The Labute approximate surface area is 174 Å². The molecule has 2 rings (SSSR count). The molecule has 26 heavy (non-hydrogen) atoms. The molecule has 0 aliphatic heterocycles. The first kappa shape index (κ1) is 22.4. The van der Waals surface area contributed by atoms with Gasteiger partial charge in [0.2, 0.25) is 0 Å². The Hall–Kier alpha value is -1.67. The van der Waals surface area contributed by atoms with E-state index in [1.807, 2.05) is 0 Å². The fraction of sp³-hybridized carbons (Fsp3) is 0.333. The van der Waals surface area contributed by atoms with Crippen molar-refractivity contribution in [3.63, 3.8) is 0 Å². The summed E-state index contributed by atoms with van der Waals surface area (Å²) >= 11 is 0.998. The number of hydrogen-bond donors (Lipinski definition) is 1. The minimum atomic E-state index is -4.45. The number of carbonyl (C=O) groups excluding carboxylic acids is 2. The van der Waals surface area contributed by atoms with Crippen molar-refractivity contribution < 1.29 is 27.5 Å². The van der Waals surface area contributed by atoms with Crippen molar-refractivity contribution in [1.29, 1.82) is 0 Å². The molecule has 1 amide bonds. The number of nitrogens with zero attached hydrogens (tertiary/aromatic N) is 3. The van der Waals surface area contributed by atoms with Crippen LogP contribution in [0, 0.1) is 6.92 Å². The van der Waals surface area contributed by atoms with Crippen molar-refractivity contribution in [2.75, 3.05) is 14.2 Å². The van der Waals surface area contributed by atoms with Crippen LogP contribution in [0.3, 0.4) is 0 Å². The molecule has 0 aliphatic rings. The van der Waals surface area contributed by atoms with Gasteiger partial charge in [0.1, 0.15) is 4.90 Å². The number of ether oxygens (including phenoxy) is 2. The third kappa shape index (κ3) is 4.01. The number of amides is 1. The van der Waals surface area contributed by atoms with Gasteiger partial charge in [0, 0.05) is 46.9 Å². The van der Waals surface area contributed by atoms with Crippen LogP contribution < -0.4 is 15.1 Å². The Morgan fingerprint density at radius 2 is 1.92 bits per heavy atom. The van der Waals surface area contributed by atoms with Crippen molar-refractivity contribution in [3.8, 4) is 6.01 Å². The molecule has 11 nitrogen and oxygen atoms in total. The summed E-state index contributed by atoms with van der Waals surface area (Å²) < 4.78 is 37.2. The summed E-state index contributed by atoms with van der Waals surface area (Å²) in [7, 11) is -0.816. The van der Waals surface area contributed by atoms with Crippen molar-refractivity contribution in [2.45, 2.75) is 11.8 Å². The predicted octanol–water partition coefficient (Wildman–Crippen LogP) is -0.687. The summed E-state index contributed by atoms with van der Waals surface area (Å²) in [6.45, 7) is 1.46. The maximum Gasteiger partial charge on any atom is 0.360 e. The Kier molecular flexibility index (Phi) is 7.18. The summed E-state index contributed by atoms with van der Waals surface area (Å²) in [5, 5.41) is 4.87. The molecule has 2 heterocycles. The number of rotatable bonds is 4. The minimum Gasteiger partial charge on any atom is -0.467 e. The van der Waals surface area contributed by atoms with Gasteiger partial charge in [-0.05, 0) is 6.92 Å². The van der Waals surface area contributed by atoms with Gasteiger partial charge in [-0.3, -0.25) is 0 Å². The van der Waals surface area contributed by atoms with Gasteiger partial charge in [0.05, 0.1) is 19.8 Å². The van der Waals surface area contributed by atoms with Crippen molar-refractivity contribution in [1.82, 2.24) is 19.1 Å². The van der Waals surface area contributed by atoms with Gasteiger partial charge >= 0.3 is 23.7 Å². The molecule has 14 heteroatoms. The fourth-order valence-electron chi connectivity index (χ4n) is 1.97. The molecular weight excluding hydrogens is 399 g/mol. The van der Waals surface area contributed by atoms with E-state index >= 15 is 0 Å². The third-order valence-corrected chi connectivity index (χ3v) is 5.68. The molecule has 1 N–H and O–H groups in total. The second-order valence-electron chi connectivity index (χ2n) is 4.68. The number of carbonyl (C=O) groups is 2. The van der Waals surface area contributed by atoms with E-state index in [9.17, 15) is 22.8 Å². The first-order valence-corrected chi connectivity index (χ1v) is 8.94. The van der Waals surface area contributed by atoms with E-state index in [1.165, 1.54) is 26.5 Å². The summed E-state index contributed by atoms with van der Waals surface area (Å²) in [6.07, 6.45) is 0. The molecule has 137 valence electrons. The quantitative estimate of drug-likeness (QED) is 0.514. The zero-order chi connectivity index (χ0) is 18.9. The van der Waals surface area contributed by atoms with E-state index in [4.69, 9.17) is 4.74 Å². The van der Waals surface area contributed by atoms with E-state index in [-0.39, 0.29) is 46.0 Å². The molecule has 0 unspecified atom stereocenters. The summed E-state index contributed by atoms with van der Waals surface area (Å²) in [5.41, 5.74) is -1.11. The van der Waals surface area contributed by atoms with E-state index in [2.05, 4.69) is 9.84 Å². The molecule has 0 saturated heterocycles. The normalized spacial score (nSPS) is 10.8. The topological polar surface area (TPSA) is 139 Å². The maximum absolute atomic E-state index is 12.5. The number of sulfonamides is 1. The molecule has 0 bridgehead atoms. The standard InChI is InChI=1S/C12H14N4O7S2.Na/c1-6-8(7(5-24-6)9(17)22-3)25(20,21)14-10(18)16-12(19)15(2)11(13-16)23-4;/h5H,1-4H3,(H,14,18);. The Morgan fingerprint density at radius 1 is 1.31 bits per heavy atom. The van der Waals surface area contributed by atoms with Crippen LogP contribution in [-0.4, -0.2) is 78.5 Å². The number of nitrogens with one attached hydrogen (secondary N) is 1. The van der Waals surface area contributed by atoms with Gasteiger partial charge in [-0.2, -0.15) is 0 Å². The predicted molar refractivity (Wildman–Crippen MR) is 91.3 cm³/mol. The zero-order valence-corrected chi connectivity index (χ0v) is 18.2. The van der Waals surface area contributed by atoms with Crippen molar-refractivity contribution in [2.24, 2.45) is 7.05 Å². The van der Waals surface area contributed by atoms with Crippen LogP contribution in [0.2, 0.25) is 0 Å². The minimum absolute atomic E-state index is 0. The van der Waals surface area contributed by atoms with Crippen LogP contribution in [0.5, 0.6) is 6.01 Å². The summed E-state index contributed by atoms with van der Waals surface area (Å²) in [4.78, 5) is 35.6. The van der Waals surface area contributed by atoms with Gasteiger partial charge in [0.15, 0.2) is 0 Å². The number of hydrogen-bond acceptors (Lipinski definition) is 9. The molecule has 2 aromatic heterocycles. The van der Waals surface area contributed by atoms with Gasteiger partial charge in [-0.15, -0.1) is 21.1 Å². The summed E-state index contributed by atoms with van der Waals surface area (Å²) in [6, 6.07) is -1.50. The van der Waals surface area contributed by atoms with E-state index in [0.29, 0.717) is 4.68 Å². The molecular formula is C12H14N4NaO7S2. The zero-order valence-electron chi connectivity index (χ0n) is 14.6. The number of thiophene rings is 1. The van der Waals surface area contributed by atoms with E-state index in [1.54, 1.807) is 4.72 Å². The molecule has 1 radical (unpaired) electrons. The summed E-state index contributed by atoms with van der Waals surface area (Å²) in [5.74, 6) is -0.867. The molecule has 0 spiro atoms. The molecule has 2 aromatic rings. The number of aromatic nitrogens is 3. The van der Waals surface area contributed by atoms with Gasteiger partial charge in [0.25, 0.3) is 10.0 Å². The molecule has 0 fully saturated rings. The Balaban J connectivity index is 0.00000338. The molecule has 0 saturated carbocycles. The Morgan fingerprint density at radius 3 is 2.42 bits per heavy atom. The van der Waals surface area contributed by atoms with Crippen LogP contribution in [-0.2, 0) is 21.8 Å². The SMILES string of the molecule is COC(=O)c1csc(C)c1S(=O)(=O)NC(=O)n1nc(OC)n(C)c1=O.[Na]. The van der Waals surface area contributed by atoms with Gasteiger partial charge in [-0.25, -0.2) is 32.1 Å². The third-order valence-electron chi connectivity index (χ3n) is 3.13. The number of methoxy groups -OCH3 is 2. The van der Waals surface area contributed by atoms with E-state index < -0.39 is 32.6 Å². The average Bonchev–Trinajstić information content (AvgIpc) is 3.08. The smallest absolute Gasteiger partial charge is 0.360 e. The molecule has 0 atom stereocenters. The molecule has 0 aromatic carbocycles. The largest absolute Gasteiger partial charge is 0.467 e. The van der Waals surface area contributed by atoms with E-state index in [0.717, 1.165) is 23.0 Å². The Bertz CT molecular complexity index is 1010. The van der Waals surface area contributed by atoms with Crippen LogP contribution in [0.15, 0.2) is 15.1 Å². The van der Waals surface area contributed by atoms with Crippen molar-refractivity contribution in [3.05, 3.63) is 26.3 Å². The number of esters is 1.